The molecule has 1 aromatic rings. The fourth-order valence-electron chi connectivity index (χ4n) is 1.46. The fraction of sp³-hybridized carbons (Fsp3) is 0.400. The van der Waals surface area contributed by atoms with E-state index < -0.39 is 25.1 Å². The van der Waals surface area contributed by atoms with Crippen LogP contribution in [0.25, 0.3) is 0 Å². The Labute approximate surface area is 90.1 Å². The molecular formula is C10H11F4NO. The van der Waals surface area contributed by atoms with E-state index in [9.17, 15) is 17.6 Å². The highest BCUT2D eigenvalue weighted by Crippen LogP contribution is 2.26. The van der Waals surface area contributed by atoms with Gasteiger partial charge in [-0.25, -0.2) is 4.39 Å². The van der Waals surface area contributed by atoms with Crippen LogP contribution in [0.3, 0.4) is 0 Å². The van der Waals surface area contributed by atoms with Crippen molar-refractivity contribution in [2.45, 2.75) is 12.8 Å². The van der Waals surface area contributed by atoms with Crippen molar-refractivity contribution < 1.29 is 22.7 Å². The maximum atomic E-state index is 13.3. The van der Waals surface area contributed by atoms with Gasteiger partial charge < -0.3 is 10.0 Å². The van der Waals surface area contributed by atoms with Crippen LogP contribution in [-0.2, 0) is 6.61 Å². The van der Waals surface area contributed by atoms with Gasteiger partial charge in [0.1, 0.15) is 12.4 Å². The molecule has 0 atom stereocenters. The molecule has 0 saturated carbocycles. The van der Waals surface area contributed by atoms with E-state index in [0.29, 0.717) is 0 Å². The number of para-hydroxylation sites is 1. The largest absolute Gasteiger partial charge is 0.405 e. The number of anilines is 1. The first-order valence-corrected chi connectivity index (χ1v) is 4.51. The van der Waals surface area contributed by atoms with Crippen LogP contribution in [0.2, 0.25) is 0 Å². The Hall–Kier alpha value is -1.30. The SMILES string of the molecule is CN(CC(F)(F)F)c1c(F)cccc1CO. The van der Waals surface area contributed by atoms with Crippen LogP contribution < -0.4 is 4.90 Å². The summed E-state index contributed by atoms with van der Waals surface area (Å²) in [5.74, 6) is -0.779. The van der Waals surface area contributed by atoms with Crippen LogP contribution in [-0.4, -0.2) is 24.9 Å². The minimum Gasteiger partial charge on any atom is -0.392 e. The van der Waals surface area contributed by atoms with E-state index in [1.165, 1.54) is 12.1 Å². The molecule has 0 aliphatic carbocycles. The minimum absolute atomic E-state index is 0.131. The van der Waals surface area contributed by atoms with E-state index in [4.69, 9.17) is 5.11 Å². The molecule has 6 heteroatoms. The minimum atomic E-state index is -4.41. The number of hydrogen-bond donors (Lipinski definition) is 1. The van der Waals surface area contributed by atoms with Gasteiger partial charge in [0.05, 0.1) is 12.3 Å². The van der Waals surface area contributed by atoms with Gasteiger partial charge in [0.2, 0.25) is 0 Å². The average molecular weight is 237 g/mol. The third-order valence-electron chi connectivity index (χ3n) is 2.04. The molecule has 1 N–H and O–H groups in total. The van der Waals surface area contributed by atoms with Crippen LogP contribution in [0.4, 0.5) is 23.2 Å². The maximum absolute atomic E-state index is 13.3. The Morgan fingerprint density at radius 2 is 1.94 bits per heavy atom. The number of rotatable bonds is 3. The molecule has 0 aliphatic rings. The molecule has 0 saturated heterocycles. The molecule has 1 aromatic carbocycles. The number of hydrogen-bond acceptors (Lipinski definition) is 2. The van der Waals surface area contributed by atoms with Crippen molar-refractivity contribution in [1.29, 1.82) is 0 Å². The second-order valence-corrected chi connectivity index (χ2v) is 3.38. The van der Waals surface area contributed by atoms with E-state index in [1.807, 2.05) is 0 Å². The van der Waals surface area contributed by atoms with Gasteiger partial charge in [0.25, 0.3) is 0 Å². The van der Waals surface area contributed by atoms with E-state index >= 15 is 0 Å². The van der Waals surface area contributed by atoms with Gasteiger partial charge in [-0.3, -0.25) is 0 Å². The Kier molecular flexibility index (Phi) is 3.74. The molecule has 0 aliphatic heterocycles. The standard InChI is InChI=1S/C10H11F4NO/c1-15(6-10(12,13)14)9-7(5-16)3-2-4-8(9)11/h2-4,16H,5-6H2,1H3. The van der Waals surface area contributed by atoms with Gasteiger partial charge in [-0.2, -0.15) is 13.2 Å². The molecule has 0 heterocycles. The summed E-state index contributed by atoms with van der Waals surface area (Å²) < 4.78 is 49.7. The molecule has 0 aromatic heterocycles. The Balaban J connectivity index is 3.02. The molecule has 2 nitrogen and oxygen atoms in total. The first-order chi connectivity index (χ1) is 7.35. The van der Waals surface area contributed by atoms with Crippen molar-refractivity contribution in [1.82, 2.24) is 0 Å². The summed E-state index contributed by atoms with van der Waals surface area (Å²) in [6.07, 6.45) is -4.41. The highest BCUT2D eigenvalue weighted by Gasteiger charge is 2.30. The van der Waals surface area contributed by atoms with Crippen LogP contribution >= 0.6 is 0 Å². The zero-order chi connectivity index (χ0) is 12.3. The Morgan fingerprint density at radius 3 is 2.44 bits per heavy atom. The highest BCUT2D eigenvalue weighted by atomic mass is 19.4. The van der Waals surface area contributed by atoms with Gasteiger partial charge in [-0.1, -0.05) is 12.1 Å². The third kappa shape index (κ3) is 3.10. The number of halogens is 4. The lowest BCUT2D eigenvalue weighted by Gasteiger charge is -2.23. The molecule has 90 valence electrons. The number of aliphatic hydroxyl groups is 1. The second-order valence-electron chi connectivity index (χ2n) is 3.38. The topological polar surface area (TPSA) is 23.5 Å². The van der Waals surface area contributed by atoms with Crippen molar-refractivity contribution in [2.24, 2.45) is 0 Å². The molecule has 0 spiro atoms. The molecule has 0 radical (unpaired) electrons. The van der Waals surface area contributed by atoms with E-state index in [1.54, 1.807) is 0 Å². The van der Waals surface area contributed by atoms with E-state index in [0.717, 1.165) is 18.0 Å². The van der Waals surface area contributed by atoms with E-state index in [-0.39, 0.29) is 11.3 Å². The lowest BCUT2D eigenvalue weighted by Crippen LogP contribution is -2.32. The fourth-order valence-corrected chi connectivity index (χ4v) is 1.46. The zero-order valence-electron chi connectivity index (χ0n) is 8.55. The van der Waals surface area contributed by atoms with Crippen molar-refractivity contribution in [3.05, 3.63) is 29.6 Å². The molecule has 16 heavy (non-hydrogen) atoms. The normalized spacial score (nSPS) is 11.6. The summed E-state index contributed by atoms with van der Waals surface area (Å²) in [5.41, 5.74) is -0.0888. The quantitative estimate of drug-likeness (QED) is 0.815. The van der Waals surface area contributed by atoms with Crippen molar-refractivity contribution >= 4 is 5.69 Å². The maximum Gasteiger partial charge on any atom is 0.405 e. The summed E-state index contributed by atoms with van der Waals surface area (Å²) >= 11 is 0. The number of nitrogens with zero attached hydrogens (tertiary/aromatic N) is 1. The van der Waals surface area contributed by atoms with Gasteiger partial charge in [-0.15, -0.1) is 0 Å². The Morgan fingerprint density at radius 1 is 1.31 bits per heavy atom. The molecule has 0 amide bonds. The van der Waals surface area contributed by atoms with E-state index in [2.05, 4.69) is 0 Å². The number of alkyl halides is 3. The summed E-state index contributed by atoms with van der Waals surface area (Å²) in [5, 5.41) is 8.92. The molecule has 0 bridgehead atoms. The monoisotopic (exact) mass is 237 g/mol. The first kappa shape index (κ1) is 12.8. The summed E-state index contributed by atoms with van der Waals surface area (Å²) in [4.78, 5) is 0.737. The van der Waals surface area contributed by atoms with Crippen molar-refractivity contribution in [3.8, 4) is 0 Å². The summed E-state index contributed by atoms with van der Waals surface area (Å²) in [7, 11) is 1.13. The van der Waals surface area contributed by atoms with Crippen LogP contribution in [0, 0.1) is 5.82 Å². The molecule has 0 fully saturated rings. The highest BCUT2D eigenvalue weighted by molar-refractivity contribution is 5.54. The smallest absolute Gasteiger partial charge is 0.392 e. The predicted molar refractivity (Wildman–Crippen MR) is 51.6 cm³/mol. The predicted octanol–water partition coefficient (Wildman–Crippen LogP) is 2.32. The lowest BCUT2D eigenvalue weighted by atomic mass is 10.1. The van der Waals surface area contributed by atoms with Gasteiger partial charge in [0.15, 0.2) is 0 Å². The Bertz CT molecular complexity index is 364. The van der Waals surface area contributed by atoms with Gasteiger partial charge in [-0.05, 0) is 6.07 Å². The van der Waals surface area contributed by atoms with Gasteiger partial charge in [0, 0.05) is 12.6 Å². The summed E-state index contributed by atoms with van der Waals surface area (Å²) in [6, 6.07) is 3.78. The number of aliphatic hydroxyl groups excluding tert-OH is 1. The second kappa shape index (κ2) is 4.69. The zero-order valence-corrected chi connectivity index (χ0v) is 8.55. The van der Waals surface area contributed by atoms with Crippen LogP contribution in [0.15, 0.2) is 18.2 Å². The molecular weight excluding hydrogens is 226 g/mol. The van der Waals surface area contributed by atoms with Crippen LogP contribution in [0.5, 0.6) is 0 Å². The van der Waals surface area contributed by atoms with Crippen molar-refractivity contribution in [2.75, 3.05) is 18.5 Å². The average Bonchev–Trinajstić information content (AvgIpc) is 2.14. The molecule has 1 rings (SSSR count). The van der Waals surface area contributed by atoms with Crippen LogP contribution in [0.1, 0.15) is 5.56 Å². The first-order valence-electron chi connectivity index (χ1n) is 4.51. The van der Waals surface area contributed by atoms with Crippen molar-refractivity contribution in [3.63, 3.8) is 0 Å². The molecule has 0 unspecified atom stereocenters. The number of benzene rings is 1. The third-order valence-corrected chi connectivity index (χ3v) is 2.04. The lowest BCUT2D eigenvalue weighted by molar-refractivity contribution is -0.119. The summed E-state index contributed by atoms with van der Waals surface area (Å²) in [6.45, 7) is -1.77. The van der Waals surface area contributed by atoms with Gasteiger partial charge >= 0.3 is 6.18 Å².